The quantitative estimate of drug-likeness (QED) is 0.855. The fourth-order valence-corrected chi connectivity index (χ4v) is 2.71. The number of halogens is 1. The van der Waals surface area contributed by atoms with Crippen LogP contribution in [0.25, 0.3) is 0 Å². The lowest BCUT2D eigenvalue weighted by Gasteiger charge is -2.19. The van der Waals surface area contributed by atoms with E-state index in [0.29, 0.717) is 5.15 Å². The molecule has 2 aromatic rings. The molecule has 0 saturated heterocycles. The maximum atomic E-state index is 5.93. The highest BCUT2D eigenvalue weighted by molar-refractivity contribution is 6.29. The van der Waals surface area contributed by atoms with Gasteiger partial charge in [-0.2, -0.15) is 0 Å². The Morgan fingerprint density at radius 2 is 2.25 bits per heavy atom. The molecule has 0 amide bonds. The van der Waals surface area contributed by atoms with Crippen LogP contribution in [0.4, 0.5) is 5.69 Å². The van der Waals surface area contributed by atoms with Gasteiger partial charge in [0.05, 0.1) is 12.6 Å². The molecule has 0 saturated carbocycles. The fourth-order valence-electron chi connectivity index (χ4n) is 2.54. The number of aromatic nitrogens is 1. The molecule has 2 heterocycles. The summed E-state index contributed by atoms with van der Waals surface area (Å²) in [7, 11) is 0. The third-order valence-electron chi connectivity index (χ3n) is 3.59. The van der Waals surface area contributed by atoms with Gasteiger partial charge in [0.1, 0.15) is 10.9 Å². The summed E-state index contributed by atoms with van der Waals surface area (Å²) in [6.45, 7) is 2.97. The van der Waals surface area contributed by atoms with E-state index in [1.54, 1.807) is 6.20 Å². The number of benzene rings is 1. The number of nitrogens with zero attached hydrogens (tertiary/aromatic N) is 1. The zero-order valence-electron chi connectivity index (χ0n) is 11.4. The third-order valence-corrected chi connectivity index (χ3v) is 3.80. The number of rotatable bonds is 4. The summed E-state index contributed by atoms with van der Waals surface area (Å²) in [4.78, 5) is 4.00. The summed E-state index contributed by atoms with van der Waals surface area (Å²) in [5.74, 6) is 1.02. The number of hydrogen-bond acceptors (Lipinski definition) is 3. The molecule has 0 bridgehead atoms. The smallest absolute Gasteiger partial charge is 0.131 e. The van der Waals surface area contributed by atoms with Crippen molar-refractivity contribution in [1.82, 2.24) is 4.98 Å². The number of nitrogens with one attached hydrogen (secondary N) is 1. The molecule has 0 spiro atoms. The van der Waals surface area contributed by atoms with Crippen LogP contribution in [-0.4, -0.2) is 11.6 Å². The molecule has 1 aliphatic heterocycles. The Balaban J connectivity index is 1.83. The normalized spacial score (nSPS) is 14.5. The minimum absolute atomic E-state index is 0.263. The fraction of sp³-hybridized carbons (Fsp3) is 0.312. The molecule has 3 rings (SSSR count). The van der Waals surface area contributed by atoms with Crippen LogP contribution in [-0.2, 0) is 6.42 Å². The first-order valence-electron chi connectivity index (χ1n) is 6.90. The van der Waals surface area contributed by atoms with E-state index < -0.39 is 0 Å². The number of hydrogen-bond donors (Lipinski definition) is 1. The van der Waals surface area contributed by atoms with Gasteiger partial charge in [0.2, 0.25) is 0 Å². The van der Waals surface area contributed by atoms with Crippen molar-refractivity contribution in [3.63, 3.8) is 0 Å². The molecule has 4 heteroatoms. The van der Waals surface area contributed by atoms with Crippen LogP contribution in [0, 0.1) is 0 Å². The van der Waals surface area contributed by atoms with E-state index >= 15 is 0 Å². The molecule has 0 aliphatic carbocycles. The van der Waals surface area contributed by atoms with Crippen molar-refractivity contribution in [1.29, 1.82) is 0 Å². The Morgan fingerprint density at radius 3 is 3.05 bits per heavy atom. The number of ether oxygens (including phenoxy) is 1. The van der Waals surface area contributed by atoms with Crippen molar-refractivity contribution >= 4 is 17.3 Å². The van der Waals surface area contributed by atoms with E-state index in [2.05, 4.69) is 35.4 Å². The van der Waals surface area contributed by atoms with Crippen LogP contribution in [0.1, 0.15) is 30.5 Å². The molecule has 1 atom stereocenters. The average molecular weight is 289 g/mol. The van der Waals surface area contributed by atoms with Crippen molar-refractivity contribution in [2.75, 3.05) is 11.9 Å². The Bertz CT molecular complexity index is 615. The Labute approximate surface area is 123 Å². The first-order chi connectivity index (χ1) is 9.76. The third kappa shape index (κ3) is 2.73. The van der Waals surface area contributed by atoms with Gasteiger partial charge in [-0.05, 0) is 41.8 Å². The van der Waals surface area contributed by atoms with Gasteiger partial charge in [0, 0.05) is 18.3 Å². The molecule has 0 fully saturated rings. The van der Waals surface area contributed by atoms with Gasteiger partial charge in [0.25, 0.3) is 0 Å². The van der Waals surface area contributed by atoms with E-state index in [0.717, 1.165) is 30.9 Å². The molecule has 1 unspecified atom stereocenters. The number of anilines is 1. The summed E-state index contributed by atoms with van der Waals surface area (Å²) >= 11 is 5.93. The van der Waals surface area contributed by atoms with E-state index in [9.17, 15) is 0 Å². The molecule has 1 N–H and O–H groups in total. The van der Waals surface area contributed by atoms with Gasteiger partial charge < -0.3 is 10.1 Å². The topological polar surface area (TPSA) is 34.2 Å². The van der Waals surface area contributed by atoms with Crippen molar-refractivity contribution in [2.45, 2.75) is 25.8 Å². The van der Waals surface area contributed by atoms with Gasteiger partial charge in [-0.3, -0.25) is 0 Å². The molecule has 3 nitrogen and oxygen atoms in total. The predicted octanol–water partition coefficient (Wildman–Crippen LogP) is 4.23. The highest BCUT2D eigenvalue weighted by Crippen LogP contribution is 2.30. The maximum absolute atomic E-state index is 5.93. The minimum Gasteiger partial charge on any atom is -0.493 e. The van der Waals surface area contributed by atoms with E-state index in [1.165, 1.54) is 11.1 Å². The largest absolute Gasteiger partial charge is 0.493 e. The molecule has 1 aromatic carbocycles. The Hall–Kier alpha value is -1.74. The standard InChI is InChI=1S/C16H17ClN2O/c1-2-14(19-13-5-7-18-16(17)10-13)11-3-4-15-12(9-11)6-8-20-15/h3-5,7,9-10,14H,2,6,8H2,1H3,(H,18,19). The lowest BCUT2D eigenvalue weighted by atomic mass is 10.0. The molecule has 1 aliphatic rings. The summed E-state index contributed by atoms with van der Waals surface area (Å²) in [5.41, 5.74) is 3.58. The highest BCUT2D eigenvalue weighted by Gasteiger charge is 2.16. The molecule has 0 radical (unpaired) electrons. The maximum Gasteiger partial charge on any atom is 0.131 e. The molecular formula is C16H17ClN2O. The lowest BCUT2D eigenvalue weighted by molar-refractivity contribution is 0.357. The van der Waals surface area contributed by atoms with Gasteiger partial charge in [-0.1, -0.05) is 24.6 Å². The van der Waals surface area contributed by atoms with Crippen molar-refractivity contribution in [2.24, 2.45) is 0 Å². The molecule has 20 heavy (non-hydrogen) atoms. The summed E-state index contributed by atoms with van der Waals surface area (Å²) in [5, 5.41) is 4.02. The van der Waals surface area contributed by atoms with Gasteiger partial charge in [-0.15, -0.1) is 0 Å². The zero-order chi connectivity index (χ0) is 13.9. The molecule has 1 aromatic heterocycles. The predicted molar refractivity (Wildman–Crippen MR) is 81.5 cm³/mol. The van der Waals surface area contributed by atoms with Gasteiger partial charge >= 0.3 is 0 Å². The first kappa shape index (κ1) is 13.3. The van der Waals surface area contributed by atoms with E-state index in [-0.39, 0.29) is 6.04 Å². The summed E-state index contributed by atoms with van der Waals surface area (Å²) in [6.07, 6.45) is 3.72. The Kier molecular flexibility index (Phi) is 3.79. The number of pyridine rings is 1. The van der Waals surface area contributed by atoms with E-state index in [4.69, 9.17) is 16.3 Å². The van der Waals surface area contributed by atoms with Crippen LogP contribution in [0.5, 0.6) is 5.75 Å². The highest BCUT2D eigenvalue weighted by atomic mass is 35.5. The first-order valence-corrected chi connectivity index (χ1v) is 7.28. The van der Waals surface area contributed by atoms with Crippen LogP contribution < -0.4 is 10.1 Å². The van der Waals surface area contributed by atoms with E-state index in [1.807, 2.05) is 12.1 Å². The second kappa shape index (κ2) is 5.71. The van der Waals surface area contributed by atoms with Crippen LogP contribution >= 0.6 is 11.6 Å². The van der Waals surface area contributed by atoms with Crippen LogP contribution in [0.3, 0.4) is 0 Å². The summed E-state index contributed by atoms with van der Waals surface area (Å²) in [6, 6.07) is 10.5. The van der Waals surface area contributed by atoms with Crippen molar-refractivity contribution < 1.29 is 4.74 Å². The second-order valence-corrected chi connectivity index (χ2v) is 5.33. The van der Waals surface area contributed by atoms with Crippen LogP contribution in [0.2, 0.25) is 5.15 Å². The van der Waals surface area contributed by atoms with Gasteiger partial charge in [0.15, 0.2) is 0 Å². The van der Waals surface area contributed by atoms with Crippen molar-refractivity contribution in [3.8, 4) is 5.75 Å². The molecule has 104 valence electrons. The Morgan fingerprint density at radius 1 is 1.35 bits per heavy atom. The average Bonchev–Trinajstić information content (AvgIpc) is 2.92. The number of fused-ring (bicyclic) bond motifs is 1. The SMILES string of the molecule is CCC(Nc1ccnc(Cl)c1)c1ccc2c(c1)CCO2. The summed E-state index contributed by atoms with van der Waals surface area (Å²) < 4.78 is 5.55. The van der Waals surface area contributed by atoms with Crippen LogP contribution in [0.15, 0.2) is 36.5 Å². The second-order valence-electron chi connectivity index (χ2n) is 4.94. The molecular weight excluding hydrogens is 272 g/mol. The zero-order valence-corrected chi connectivity index (χ0v) is 12.2. The van der Waals surface area contributed by atoms with Gasteiger partial charge in [-0.25, -0.2) is 4.98 Å². The monoisotopic (exact) mass is 288 g/mol. The minimum atomic E-state index is 0.263. The van der Waals surface area contributed by atoms with Crippen molar-refractivity contribution in [3.05, 3.63) is 52.8 Å². The lowest BCUT2D eigenvalue weighted by Crippen LogP contribution is -2.10.